The number of piperazine rings is 1. The highest BCUT2D eigenvalue weighted by atomic mass is 16.2. The van der Waals surface area contributed by atoms with Crippen LogP contribution in [-0.2, 0) is 9.59 Å². The highest BCUT2D eigenvalue weighted by Gasteiger charge is 2.30. The number of carbonyl (C=O) groups excluding carboxylic acids is 3. The summed E-state index contributed by atoms with van der Waals surface area (Å²) in [5.41, 5.74) is 2.35. The molecule has 3 amide bonds. The number of nitrogens with zero attached hydrogens (tertiary/aromatic N) is 4. The van der Waals surface area contributed by atoms with Crippen molar-refractivity contribution in [1.29, 1.82) is 0 Å². The van der Waals surface area contributed by atoms with Crippen LogP contribution in [0.5, 0.6) is 0 Å². The van der Waals surface area contributed by atoms with Gasteiger partial charge in [0.25, 0.3) is 5.91 Å². The molecule has 2 aliphatic rings. The van der Waals surface area contributed by atoms with Gasteiger partial charge in [0.2, 0.25) is 11.8 Å². The maximum Gasteiger partial charge on any atom is 0.254 e. The van der Waals surface area contributed by atoms with Crippen molar-refractivity contribution < 1.29 is 14.4 Å². The number of rotatable bonds is 4. The molecule has 4 rings (SSSR count). The van der Waals surface area contributed by atoms with Gasteiger partial charge in [-0.1, -0.05) is 18.2 Å². The third-order valence-corrected chi connectivity index (χ3v) is 6.20. The van der Waals surface area contributed by atoms with Gasteiger partial charge in [-0.2, -0.15) is 0 Å². The van der Waals surface area contributed by atoms with Gasteiger partial charge in [0.1, 0.15) is 0 Å². The van der Waals surface area contributed by atoms with Crippen LogP contribution in [-0.4, -0.2) is 90.3 Å². The van der Waals surface area contributed by atoms with Crippen molar-refractivity contribution in [3.8, 4) is 0 Å². The maximum atomic E-state index is 13.4. The number of pyridine rings is 1. The molecular weight excluding hydrogens is 394 g/mol. The first-order chi connectivity index (χ1) is 14.9. The number of amides is 3. The van der Waals surface area contributed by atoms with Crippen molar-refractivity contribution >= 4 is 28.6 Å². The number of hydrogen-bond acceptors (Lipinski definition) is 5. The highest BCUT2D eigenvalue weighted by Crippen LogP contribution is 2.30. The Bertz CT molecular complexity index is 1000. The number of likely N-dealkylation sites (N-methyl/N-ethyl adjacent to an activating group) is 1. The fourth-order valence-corrected chi connectivity index (χ4v) is 4.30. The van der Waals surface area contributed by atoms with Gasteiger partial charge in [0, 0.05) is 63.2 Å². The van der Waals surface area contributed by atoms with Gasteiger partial charge in [-0.05, 0) is 25.6 Å². The Kier molecular flexibility index (Phi) is 6.18. The summed E-state index contributed by atoms with van der Waals surface area (Å²) in [6.07, 6.45) is 0.791. The molecule has 0 bridgehead atoms. The van der Waals surface area contributed by atoms with Gasteiger partial charge in [-0.15, -0.1) is 0 Å². The lowest BCUT2D eigenvalue weighted by Crippen LogP contribution is -2.47. The predicted octanol–water partition coefficient (Wildman–Crippen LogP) is 1.07. The van der Waals surface area contributed by atoms with Crippen LogP contribution in [0.15, 0.2) is 30.3 Å². The van der Waals surface area contributed by atoms with Crippen molar-refractivity contribution in [3.63, 3.8) is 0 Å². The van der Waals surface area contributed by atoms with Crippen molar-refractivity contribution in [3.05, 3.63) is 41.6 Å². The molecule has 0 aliphatic carbocycles. The molecule has 0 radical (unpaired) electrons. The molecular formula is C23H29N5O3. The third kappa shape index (κ3) is 4.69. The van der Waals surface area contributed by atoms with Crippen LogP contribution in [0.2, 0.25) is 0 Å². The first kappa shape index (κ1) is 21.2. The summed E-state index contributed by atoms with van der Waals surface area (Å²) >= 11 is 0. The largest absolute Gasteiger partial charge is 0.347 e. The molecule has 2 aromatic rings. The van der Waals surface area contributed by atoms with Crippen molar-refractivity contribution in [2.24, 2.45) is 0 Å². The smallest absolute Gasteiger partial charge is 0.254 e. The van der Waals surface area contributed by atoms with Crippen LogP contribution in [0.1, 0.15) is 35.3 Å². The molecule has 1 atom stereocenters. The molecule has 1 unspecified atom stereocenters. The van der Waals surface area contributed by atoms with E-state index in [2.05, 4.69) is 17.3 Å². The quantitative estimate of drug-likeness (QED) is 0.795. The Balaban J connectivity index is 1.57. The number of aromatic nitrogens is 1. The Morgan fingerprint density at radius 2 is 1.81 bits per heavy atom. The molecule has 3 heterocycles. The van der Waals surface area contributed by atoms with E-state index in [9.17, 15) is 14.4 Å². The molecule has 0 saturated carbocycles. The number of likely N-dealkylation sites (tertiary alicyclic amines) is 1. The Labute approximate surface area is 182 Å². The van der Waals surface area contributed by atoms with Gasteiger partial charge >= 0.3 is 0 Å². The zero-order valence-electron chi connectivity index (χ0n) is 18.1. The van der Waals surface area contributed by atoms with E-state index in [0.717, 1.165) is 49.2 Å². The number of nitrogens with one attached hydrogen (secondary N) is 1. The molecule has 2 saturated heterocycles. The van der Waals surface area contributed by atoms with Crippen molar-refractivity contribution in [2.45, 2.75) is 19.3 Å². The first-order valence-electron chi connectivity index (χ1n) is 10.8. The summed E-state index contributed by atoms with van der Waals surface area (Å²) in [6.45, 7) is 5.76. The molecule has 2 aliphatic heterocycles. The molecule has 1 aromatic carbocycles. The summed E-state index contributed by atoms with van der Waals surface area (Å²) in [5, 5.41) is 3.43. The third-order valence-electron chi connectivity index (χ3n) is 6.20. The van der Waals surface area contributed by atoms with Crippen LogP contribution >= 0.6 is 0 Å². The summed E-state index contributed by atoms with van der Waals surface area (Å²) in [7, 11) is 2.07. The molecule has 8 heteroatoms. The summed E-state index contributed by atoms with van der Waals surface area (Å²) < 4.78 is 0. The standard InChI is InChI=1S/C23H29N5O3/c1-16(29)24-14-22(30)28-8-7-17(15-28)21-13-19(18-5-3-4-6-20(18)25-21)23(31)27-11-9-26(2)10-12-27/h3-6,13,17H,7-12,14-15H2,1-2H3,(H,24,29). The summed E-state index contributed by atoms with van der Waals surface area (Å²) in [4.78, 5) is 47.6. The number of para-hydroxylation sites is 1. The van der Waals surface area contributed by atoms with E-state index in [4.69, 9.17) is 4.98 Å². The van der Waals surface area contributed by atoms with E-state index in [-0.39, 0.29) is 30.2 Å². The topological polar surface area (TPSA) is 85.8 Å². The second-order valence-corrected chi connectivity index (χ2v) is 8.44. The first-order valence-corrected chi connectivity index (χ1v) is 10.8. The fraction of sp³-hybridized carbons (Fsp3) is 0.478. The molecule has 2 fully saturated rings. The van der Waals surface area contributed by atoms with Crippen LogP contribution in [0.4, 0.5) is 0 Å². The molecule has 1 aromatic heterocycles. The highest BCUT2D eigenvalue weighted by molar-refractivity contribution is 6.06. The van der Waals surface area contributed by atoms with E-state index in [1.54, 1.807) is 4.90 Å². The average molecular weight is 424 g/mol. The van der Waals surface area contributed by atoms with E-state index >= 15 is 0 Å². The average Bonchev–Trinajstić information content (AvgIpc) is 3.27. The fourth-order valence-electron chi connectivity index (χ4n) is 4.30. The van der Waals surface area contributed by atoms with Gasteiger partial charge < -0.3 is 20.0 Å². The van der Waals surface area contributed by atoms with Crippen molar-refractivity contribution in [1.82, 2.24) is 25.0 Å². The van der Waals surface area contributed by atoms with E-state index in [1.807, 2.05) is 35.2 Å². The van der Waals surface area contributed by atoms with E-state index < -0.39 is 0 Å². The second kappa shape index (κ2) is 9.01. The predicted molar refractivity (Wildman–Crippen MR) is 118 cm³/mol. The van der Waals surface area contributed by atoms with Gasteiger partial charge in [-0.25, -0.2) is 0 Å². The second-order valence-electron chi connectivity index (χ2n) is 8.44. The molecule has 0 spiro atoms. The van der Waals surface area contributed by atoms with Crippen LogP contribution in [0.25, 0.3) is 10.9 Å². The van der Waals surface area contributed by atoms with E-state index in [0.29, 0.717) is 18.7 Å². The van der Waals surface area contributed by atoms with Crippen LogP contribution in [0.3, 0.4) is 0 Å². The zero-order valence-corrected chi connectivity index (χ0v) is 18.1. The minimum atomic E-state index is -0.215. The maximum absolute atomic E-state index is 13.4. The monoisotopic (exact) mass is 423 g/mol. The van der Waals surface area contributed by atoms with Crippen molar-refractivity contribution in [2.75, 3.05) is 52.9 Å². The number of hydrogen-bond donors (Lipinski definition) is 1. The lowest BCUT2D eigenvalue weighted by Gasteiger charge is -2.32. The Morgan fingerprint density at radius 1 is 1.06 bits per heavy atom. The van der Waals surface area contributed by atoms with Gasteiger partial charge in [-0.3, -0.25) is 19.4 Å². The number of benzene rings is 1. The normalized spacial score (nSPS) is 19.6. The molecule has 1 N–H and O–H groups in total. The molecule has 31 heavy (non-hydrogen) atoms. The lowest BCUT2D eigenvalue weighted by atomic mass is 9.98. The minimum absolute atomic E-state index is 0.0142. The SMILES string of the molecule is CC(=O)NCC(=O)N1CCC(c2cc(C(=O)N3CCN(C)CC3)c3ccccc3n2)C1. The van der Waals surface area contributed by atoms with E-state index in [1.165, 1.54) is 6.92 Å². The van der Waals surface area contributed by atoms with Gasteiger partial charge in [0.05, 0.1) is 17.6 Å². The summed E-state index contributed by atoms with van der Waals surface area (Å²) in [5.74, 6) is -0.186. The molecule has 164 valence electrons. The minimum Gasteiger partial charge on any atom is -0.347 e. The lowest BCUT2D eigenvalue weighted by molar-refractivity contribution is -0.131. The number of fused-ring (bicyclic) bond motifs is 1. The Hall–Kier alpha value is -3.00. The molecule has 8 nitrogen and oxygen atoms in total. The van der Waals surface area contributed by atoms with Crippen LogP contribution in [0, 0.1) is 0 Å². The zero-order chi connectivity index (χ0) is 22.0. The number of carbonyl (C=O) groups is 3. The van der Waals surface area contributed by atoms with Gasteiger partial charge in [0.15, 0.2) is 0 Å². The Morgan fingerprint density at radius 3 is 2.55 bits per heavy atom. The summed E-state index contributed by atoms with van der Waals surface area (Å²) in [6, 6.07) is 9.68. The van der Waals surface area contributed by atoms with Crippen LogP contribution < -0.4 is 5.32 Å².